The van der Waals surface area contributed by atoms with E-state index in [2.05, 4.69) is 10.3 Å². The first kappa shape index (κ1) is 19.3. The van der Waals surface area contributed by atoms with Crippen molar-refractivity contribution in [3.05, 3.63) is 102 Å². The van der Waals surface area contributed by atoms with Crippen LogP contribution in [0.1, 0.15) is 21.6 Å². The zero-order chi connectivity index (χ0) is 21.0. The summed E-state index contributed by atoms with van der Waals surface area (Å²) >= 11 is 0. The van der Waals surface area contributed by atoms with Gasteiger partial charge in [-0.25, -0.2) is 14.6 Å². The van der Waals surface area contributed by atoms with Crippen molar-refractivity contribution in [3.8, 4) is 0 Å². The number of nitrogens with one attached hydrogen (secondary N) is 1. The third-order valence-corrected chi connectivity index (χ3v) is 4.94. The van der Waals surface area contributed by atoms with Crippen molar-refractivity contribution in [3.63, 3.8) is 0 Å². The van der Waals surface area contributed by atoms with Crippen LogP contribution in [0.3, 0.4) is 0 Å². The minimum Gasteiger partial charge on any atom is -0.459 e. The average Bonchev–Trinajstić information content (AvgIpc) is 3.06. The monoisotopic (exact) mass is 401 g/mol. The SMILES string of the molecule is O=C(OCCN1C(=O)NC(c2ccccc2)(c2ccccc2)C1=O)c1ccccn1. The van der Waals surface area contributed by atoms with Gasteiger partial charge in [-0.1, -0.05) is 66.7 Å². The lowest BCUT2D eigenvalue weighted by atomic mass is 9.82. The number of benzene rings is 2. The number of esters is 1. The molecule has 0 spiro atoms. The molecule has 1 saturated heterocycles. The minimum absolute atomic E-state index is 0.0648. The number of rotatable bonds is 6. The van der Waals surface area contributed by atoms with Crippen LogP contribution in [0.4, 0.5) is 4.79 Å². The highest BCUT2D eigenvalue weighted by molar-refractivity contribution is 6.09. The lowest BCUT2D eigenvalue weighted by Gasteiger charge is -2.28. The molecule has 0 bridgehead atoms. The summed E-state index contributed by atoms with van der Waals surface area (Å²) in [7, 11) is 0. The van der Waals surface area contributed by atoms with Gasteiger partial charge in [0.2, 0.25) is 0 Å². The molecule has 4 rings (SSSR count). The molecule has 0 aliphatic carbocycles. The van der Waals surface area contributed by atoms with Gasteiger partial charge >= 0.3 is 12.0 Å². The van der Waals surface area contributed by atoms with Gasteiger partial charge < -0.3 is 10.1 Å². The first-order chi connectivity index (χ1) is 14.6. The topological polar surface area (TPSA) is 88.6 Å². The molecule has 2 heterocycles. The van der Waals surface area contributed by atoms with Crippen LogP contribution in [0.5, 0.6) is 0 Å². The number of aromatic nitrogens is 1. The van der Waals surface area contributed by atoms with Crippen LogP contribution in [0, 0.1) is 0 Å². The molecule has 7 heteroatoms. The first-order valence-corrected chi connectivity index (χ1v) is 9.46. The molecule has 1 aliphatic rings. The average molecular weight is 401 g/mol. The van der Waals surface area contributed by atoms with E-state index < -0.39 is 23.4 Å². The normalized spacial score (nSPS) is 15.0. The van der Waals surface area contributed by atoms with Crippen LogP contribution in [-0.4, -0.2) is 40.9 Å². The molecule has 0 radical (unpaired) electrons. The summed E-state index contributed by atoms with van der Waals surface area (Å²) in [5, 5.41) is 2.85. The Balaban J connectivity index is 1.56. The molecule has 1 fully saturated rings. The Morgan fingerprint density at radius 2 is 1.50 bits per heavy atom. The third kappa shape index (κ3) is 3.41. The van der Waals surface area contributed by atoms with Gasteiger partial charge in [0, 0.05) is 6.20 Å². The van der Waals surface area contributed by atoms with Crippen LogP contribution in [-0.2, 0) is 15.1 Å². The molecule has 0 atom stereocenters. The van der Waals surface area contributed by atoms with E-state index in [4.69, 9.17) is 4.74 Å². The Labute approximate surface area is 173 Å². The summed E-state index contributed by atoms with van der Waals surface area (Å²) in [5.74, 6) is -1.03. The Hall–Kier alpha value is -4.00. The Kier molecular flexibility index (Phi) is 5.26. The van der Waals surface area contributed by atoms with Gasteiger partial charge in [0.1, 0.15) is 12.3 Å². The molecule has 2 aromatic carbocycles. The second-order valence-corrected chi connectivity index (χ2v) is 6.72. The van der Waals surface area contributed by atoms with Crippen molar-refractivity contribution in [2.24, 2.45) is 0 Å². The van der Waals surface area contributed by atoms with E-state index in [1.807, 2.05) is 36.4 Å². The number of carbonyl (C=O) groups is 3. The van der Waals surface area contributed by atoms with Gasteiger partial charge in [-0.05, 0) is 23.3 Å². The number of hydrogen-bond donors (Lipinski definition) is 1. The van der Waals surface area contributed by atoms with Crippen LogP contribution in [0.15, 0.2) is 85.1 Å². The van der Waals surface area contributed by atoms with E-state index in [0.717, 1.165) is 4.90 Å². The van der Waals surface area contributed by atoms with Gasteiger partial charge in [-0.15, -0.1) is 0 Å². The smallest absolute Gasteiger partial charge is 0.356 e. The number of hydrogen-bond acceptors (Lipinski definition) is 5. The highest BCUT2D eigenvalue weighted by Gasteiger charge is 2.53. The van der Waals surface area contributed by atoms with Crippen molar-refractivity contribution >= 4 is 17.9 Å². The molecule has 3 aromatic rings. The molecule has 30 heavy (non-hydrogen) atoms. The highest BCUT2D eigenvalue weighted by atomic mass is 16.5. The summed E-state index contributed by atoms with van der Waals surface area (Å²) < 4.78 is 5.19. The molecule has 7 nitrogen and oxygen atoms in total. The van der Waals surface area contributed by atoms with E-state index in [1.54, 1.807) is 36.4 Å². The van der Waals surface area contributed by atoms with Gasteiger partial charge in [0.25, 0.3) is 5.91 Å². The lowest BCUT2D eigenvalue weighted by molar-refractivity contribution is -0.130. The predicted molar refractivity (Wildman–Crippen MR) is 108 cm³/mol. The van der Waals surface area contributed by atoms with Crippen LogP contribution in [0.2, 0.25) is 0 Å². The van der Waals surface area contributed by atoms with Crippen molar-refractivity contribution in [2.75, 3.05) is 13.2 Å². The predicted octanol–water partition coefficient (Wildman–Crippen LogP) is 2.73. The number of carbonyl (C=O) groups excluding carboxylic acids is 3. The van der Waals surface area contributed by atoms with Crippen molar-refractivity contribution in [1.82, 2.24) is 15.2 Å². The van der Waals surface area contributed by atoms with E-state index in [0.29, 0.717) is 11.1 Å². The molecule has 1 aromatic heterocycles. The number of urea groups is 1. The van der Waals surface area contributed by atoms with Crippen LogP contribution < -0.4 is 5.32 Å². The van der Waals surface area contributed by atoms with Gasteiger partial charge in [-0.2, -0.15) is 0 Å². The van der Waals surface area contributed by atoms with Gasteiger partial charge in [-0.3, -0.25) is 9.69 Å². The summed E-state index contributed by atoms with van der Waals surface area (Å²) in [6, 6.07) is 22.5. The van der Waals surface area contributed by atoms with Gasteiger partial charge in [0.15, 0.2) is 5.54 Å². The summed E-state index contributed by atoms with van der Waals surface area (Å²) in [4.78, 5) is 43.3. The van der Waals surface area contributed by atoms with E-state index in [1.165, 1.54) is 12.3 Å². The van der Waals surface area contributed by atoms with Crippen molar-refractivity contribution in [1.29, 1.82) is 0 Å². The fourth-order valence-corrected chi connectivity index (χ4v) is 3.50. The zero-order valence-corrected chi connectivity index (χ0v) is 16.0. The summed E-state index contributed by atoms with van der Waals surface area (Å²) in [6.07, 6.45) is 1.49. The Bertz CT molecular complexity index is 1020. The van der Waals surface area contributed by atoms with Crippen molar-refractivity contribution < 1.29 is 19.1 Å². The molecule has 150 valence electrons. The highest BCUT2D eigenvalue weighted by Crippen LogP contribution is 2.35. The number of imide groups is 1. The maximum Gasteiger partial charge on any atom is 0.356 e. The summed E-state index contributed by atoms with van der Waals surface area (Å²) in [6.45, 7) is -0.196. The Morgan fingerprint density at radius 3 is 2.07 bits per heavy atom. The van der Waals surface area contributed by atoms with E-state index >= 15 is 0 Å². The lowest BCUT2D eigenvalue weighted by Crippen LogP contribution is -2.45. The third-order valence-electron chi connectivity index (χ3n) is 4.94. The molecular weight excluding hydrogens is 382 g/mol. The molecule has 0 saturated carbocycles. The number of ether oxygens (including phenoxy) is 1. The largest absolute Gasteiger partial charge is 0.459 e. The zero-order valence-electron chi connectivity index (χ0n) is 16.0. The maximum atomic E-state index is 13.5. The minimum atomic E-state index is -1.33. The van der Waals surface area contributed by atoms with E-state index in [-0.39, 0.29) is 18.8 Å². The molecule has 1 N–H and O–H groups in total. The Morgan fingerprint density at radius 1 is 0.900 bits per heavy atom. The van der Waals surface area contributed by atoms with Crippen LogP contribution >= 0.6 is 0 Å². The standard InChI is InChI=1S/C23H19N3O4/c27-20(19-13-7-8-14-24-19)30-16-15-26-21(28)23(25-22(26)29,17-9-3-1-4-10-17)18-11-5-2-6-12-18/h1-14H,15-16H2,(H,25,29). The second kappa shape index (κ2) is 8.16. The quantitative estimate of drug-likeness (QED) is 0.507. The van der Waals surface area contributed by atoms with Crippen molar-refractivity contribution in [2.45, 2.75) is 5.54 Å². The number of pyridine rings is 1. The van der Waals surface area contributed by atoms with E-state index in [9.17, 15) is 14.4 Å². The molecule has 1 aliphatic heterocycles. The summed E-state index contributed by atoms with van der Waals surface area (Å²) in [5.41, 5.74) is 0.146. The molecular formula is C23H19N3O4. The fourth-order valence-electron chi connectivity index (χ4n) is 3.50. The fraction of sp³-hybridized carbons (Fsp3) is 0.130. The molecule has 3 amide bonds. The van der Waals surface area contributed by atoms with Gasteiger partial charge in [0.05, 0.1) is 6.54 Å². The van der Waals surface area contributed by atoms with Crippen LogP contribution in [0.25, 0.3) is 0 Å². The maximum absolute atomic E-state index is 13.5. The first-order valence-electron chi connectivity index (χ1n) is 9.46. The second-order valence-electron chi connectivity index (χ2n) is 6.72. The number of amides is 3. The number of nitrogens with zero attached hydrogens (tertiary/aromatic N) is 2. The molecule has 0 unspecified atom stereocenters.